The summed E-state index contributed by atoms with van der Waals surface area (Å²) in [6, 6.07) is 5.51. The smallest absolute Gasteiger partial charge is 0.307 e. The first kappa shape index (κ1) is 9.83. The fraction of sp³-hybridized carbons (Fsp3) is 0.364. The van der Waals surface area contributed by atoms with Crippen molar-refractivity contribution in [2.24, 2.45) is 0 Å². The summed E-state index contributed by atoms with van der Waals surface area (Å²) in [5.74, 6) is 0.704. The maximum Gasteiger partial charge on any atom is 0.307 e. The largest absolute Gasteiger partial charge is 0.497 e. The van der Waals surface area contributed by atoms with Crippen molar-refractivity contribution in [1.29, 1.82) is 0 Å². The van der Waals surface area contributed by atoms with E-state index in [0.29, 0.717) is 6.42 Å². The Bertz CT molecular complexity index is 386. The van der Waals surface area contributed by atoms with Crippen molar-refractivity contribution < 1.29 is 19.4 Å². The van der Waals surface area contributed by atoms with Crippen LogP contribution in [0.2, 0.25) is 0 Å². The van der Waals surface area contributed by atoms with Gasteiger partial charge in [-0.15, -0.1) is 0 Å². The number of benzene rings is 1. The van der Waals surface area contributed by atoms with E-state index >= 15 is 0 Å². The summed E-state index contributed by atoms with van der Waals surface area (Å²) in [5, 5.41) is 8.65. The lowest BCUT2D eigenvalue weighted by atomic mass is 10.1. The molecule has 1 aromatic rings. The first-order valence-electron chi connectivity index (χ1n) is 4.74. The molecule has 1 N–H and O–H groups in total. The van der Waals surface area contributed by atoms with Gasteiger partial charge in [-0.1, -0.05) is 0 Å². The highest BCUT2D eigenvalue weighted by Crippen LogP contribution is 2.32. The fourth-order valence-corrected chi connectivity index (χ4v) is 1.73. The van der Waals surface area contributed by atoms with Crippen molar-refractivity contribution >= 4 is 5.97 Å². The number of carbonyl (C=O) groups is 1. The summed E-state index contributed by atoms with van der Waals surface area (Å²) in [4.78, 5) is 10.5. The lowest BCUT2D eigenvalue weighted by molar-refractivity contribution is -0.138. The van der Waals surface area contributed by atoms with Gasteiger partial charge in [0, 0.05) is 12.0 Å². The van der Waals surface area contributed by atoms with Gasteiger partial charge in [0.25, 0.3) is 0 Å². The number of rotatable bonds is 3. The quantitative estimate of drug-likeness (QED) is 0.817. The zero-order chi connectivity index (χ0) is 10.8. The Balaban J connectivity index is 2.13. The minimum Gasteiger partial charge on any atom is -0.497 e. The van der Waals surface area contributed by atoms with Crippen molar-refractivity contribution in [3.8, 4) is 11.5 Å². The average Bonchev–Trinajstić information content (AvgIpc) is 2.57. The van der Waals surface area contributed by atoms with Crippen LogP contribution in [-0.2, 0) is 11.2 Å². The van der Waals surface area contributed by atoms with E-state index in [1.54, 1.807) is 7.11 Å². The monoisotopic (exact) mass is 208 g/mol. The molecule has 0 saturated carbocycles. The van der Waals surface area contributed by atoms with Gasteiger partial charge in [-0.25, -0.2) is 0 Å². The molecule has 0 fully saturated rings. The van der Waals surface area contributed by atoms with E-state index in [4.69, 9.17) is 14.6 Å². The van der Waals surface area contributed by atoms with E-state index in [0.717, 1.165) is 17.1 Å². The Morgan fingerprint density at radius 1 is 1.67 bits per heavy atom. The second-order valence-corrected chi connectivity index (χ2v) is 3.52. The molecule has 1 heterocycles. The summed E-state index contributed by atoms with van der Waals surface area (Å²) in [6.07, 6.45) is 0.431. The van der Waals surface area contributed by atoms with Gasteiger partial charge in [0.05, 0.1) is 13.5 Å². The molecule has 4 heteroatoms. The number of fused-ring (bicyclic) bond motifs is 1. The van der Waals surface area contributed by atoms with Crippen LogP contribution in [0.1, 0.15) is 12.0 Å². The lowest BCUT2D eigenvalue weighted by Gasteiger charge is -2.06. The van der Waals surface area contributed by atoms with Gasteiger partial charge in [-0.2, -0.15) is 0 Å². The Labute approximate surface area is 87.4 Å². The fourth-order valence-electron chi connectivity index (χ4n) is 1.73. The van der Waals surface area contributed by atoms with Crippen molar-refractivity contribution in [2.75, 3.05) is 7.11 Å². The van der Waals surface area contributed by atoms with E-state index < -0.39 is 5.97 Å². The molecule has 15 heavy (non-hydrogen) atoms. The number of ether oxygens (including phenoxy) is 2. The zero-order valence-corrected chi connectivity index (χ0v) is 8.40. The minimum absolute atomic E-state index is 0.0387. The van der Waals surface area contributed by atoms with Crippen LogP contribution in [0.3, 0.4) is 0 Å². The highest BCUT2D eigenvalue weighted by molar-refractivity contribution is 5.67. The molecule has 1 unspecified atom stereocenters. The average molecular weight is 208 g/mol. The van der Waals surface area contributed by atoms with Crippen LogP contribution >= 0.6 is 0 Å². The maximum atomic E-state index is 10.5. The molecule has 1 aliphatic heterocycles. The van der Waals surface area contributed by atoms with E-state index in [2.05, 4.69) is 0 Å². The molecule has 0 aliphatic carbocycles. The molecule has 0 spiro atoms. The van der Waals surface area contributed by atoms with Crippen LogP contribution in [-0.4, -0.2) is 24.3 Å². The van der Waals surface area contributed by atoms with Crippen molar-refractivity contribution in [3.05, 3.63) is 23.8 Å². The Morgan fingerprint density at radius 3 is 3.13 bits per heavy atom. The molecule has 0 radical (unpaired) electrons. The van der Waals surface area contributed by atoms with Crippen LogP contribution in [0.25, 0.3) is 0 Å². The number of hydrogen-bond acceptors (Lipinski definition) is 3. The Kier molecular flexibility index (Phi) is 2.49. The lowest BCUT2D eigenvalue weighted by Crippen LogP contribution is -2.17. The predicted octanol–water partition coefficient (Wildman–Crippen LogP) is 1.47. The van der Waals surface area contributed by atoms with E-state index in [1.807, 2.05) is 18.2 Å². The van der Waals surface area contributed by atoms with Crippen LogP contribution in [0.15, 0.2) is 18.2 Å². The van der Waals surface area contributed by atoms with Gasteiger partial charge in [0.2, 0.25) is 0 Å². The second kappa shape index (κ2) is 3.81. The summed E-state index contributed by atoms with van der Waals surface area (Å²) in [7, 11) is 1.60. The highest BCUT2D eigenvalue weighted by atomic mass is 16.5. The van der Waals surface area contributed by atoms with Gasteiger partial charge in [-0.05, 0) is 18.2 Å². The van der Waals surface area contributed by atoms with Crippen LogP contribution in [0.4, 0.5) is 0 Å². The molecule has 4 nitrogen and oxygen atoms in total. The molecule has 0 bridgehead atoms. The van der Waals surface area contributed by atoms with Gasteiger partial charge in [0.1, 0.15) is 17.6 Å². The first-order chi connectivity index (χ1) is 7.19. The SMILES string of the molecule is COc1ccc2c(c1)CC(CC(=O)O)O2. The molecule has 1 aromatic carbocycles. The summed E-state index contributed by atoms with van der Waals surface area (Å²) in [5.41, 5.74) is 1.01. The standard InChI is InChI=1S/C11H12O4/c1-14-8-2-3-10-7(4-8)5-9(15-10)6-11(12)13/h2-4,9H,5-6H2,1H3,(H,12,13). The summed E-state index contributed by atoms with van der Waals surface area (Å²) >= 11 is 0. The van der Waals surface area contributed by atoms with Crippen molar-refractivity contribution in [2.45, 2.75) is 18.9 Å². The van der Waals surface area contributed by atoms with E-state index in [9.17, 15) is 4.79 Å². The first-order valence-corrected chi connectivity index (χ1v) is 4.74. The van der Waals surface area contributed by atoms with Gasteiger partial charge in [0.15, 0.2) is 0 Å². The molecular formula is C11H12O4. The van der Waals surface area contributed by atoms with Gasteiger partial charge >= 0.3 is 5.97 Å². The topological polar surface area (TPSA) is 55.8 Å². The molecular weight excluding hydrogens is 196 g/mol. The second-order valence-electron chi connectivity index (χ2n) is 3.52. The van der Waals surface area contributed by atoms with Gasteiger partial charge < -0.3 is 14.6 Å². The molecule has 1 atom stereocenters. The Morgan fingerprint density at radius 2 is 2.47 bits per heavy atom. The zero-order valence-electron chi connectivity index (χ0n) is 8.40. The molecule has 1 aliphatic rings. The van der Waals surface area contributed by atoms with Crippen molar-refractivity contribution in [3.63, 3.8) is 0 Å². The Hall–Kier alpha value is -1.71. The van der Waals surface area contributed by atoms with E-state index in [1.165, 1.54) is 0 Å². The molecule has 0 amide bonds. The van der Waals surface area contributed by atoms with E-state index in [-0.39, 0.29) is 12.5 Å². The van der Waals surface area contributed by atoms with Crippen molar-refractivity contribution in [1.82, 2.24) is 0 Å². The molecule has 80 valence electrons. The highest BCUT2D eigenvalue weighted by Gasteiger charge is 2.25. The third kappa shape index (κ3) is 2.03. The molecule has 0 aromatic heterocycles. The predicted molar refractivity (Wildman–Crippen MR) is 53.4 cm³/mol. The third-order valence-corrected chi connectivity index (χ3v) is 2.41. The number of aliphatic carboxylic acids is 1. The maximum absolute atomic E-state index is 10.5. The summed E-state index contributed by atoms with van der Waals surface area (Å²) in [6.45, 7) is 0. The number of hydrogen-bond donors (Lipinski definition) is 1. The minimum atomic E-state index is -0.834. The van der Waals surface area contributed by atoms with Crippen LogP contribution in [0, 0.1) is 0 Å². The summed E-state index contributed by atoms with van der Waals surface area (Å²) < 4.78 is 10.6. The normalized spacial score (nSPS) is 18.1. The van der Waals surface area contributed by atoms with Gasteiger partial charge in [-0.3, -0.25) is 4.79 Å². The molecule has 2 rings (SSSR count). The third-order valence-electron chi connectivity index (χ3n) is 2.41. The molecule has 0 saturated heterocycles. The number of carboxylic acids is 1. The van der Waals surface area contributed by atoms with Crippen LogP contribution < -0.4 is 9.47 Å². The van der Waals surface area contributed by atoms with Crippen LogP contribution in [0.5, 0.6) is 11.5 Å². The number of carboxylic acid groups (broad SMARTS) is 1. The number of methoxy groups -OCH3 is 1.